The Labute approximate surface area is 136 Å². The minimum absolute atomic E-state index is 0.0236. The molecule has 2 N–H and O–H groups in total. The van der Waals surface area contributed by atoms with E-state index in [4.69, 9.17) is 0 Å². The number of nitrogens with one attached hydrogen (secondary N) is 2. The second-order valence-electron chi connectivity index (χ2n) is 4.48. The fourth-order valence-corrected chi connectivity index (χ4v) is 3.09. The van der Waals surface area contributed by atoms with Gasteiger partial charge in [0.05, 0.1) is 12.3 Å². The number of carbonyl (C=O) groups is 1. The molecule has 0 bridgehead atoms. The summed E-state index contributed by atoms with van der Waals surface area (Å²) in [7, 11) is 0. The zero-order chi connectivity index (χ0) is 15.2. The maximum Gasteiger partial charge on any atom is 0.230 e. The van der Waals surface area contributed by atoms with Crippen molar-refractivity contribution in [2.45, 2.75) is 11.7 Å². The van der Waals surface area contributed by atoms with Gasteiger partial charge < -0.3 is 5.32 Å². The number of thiophene rings is 1. The molecule has 0 aliphatic heterocycles. The lowest BCUT2D eigenvalue weighted by molar-refractivity contribution is -0.118. The van der Waals surface area contributed by atoms with Crippen molar-refractivity contribution in [3.05, 3.63) is 52.7 Å². The Kier molecular flexibility index (Phi) is 4.87. The maximum atomic E-state index is 11.8. The van der Waals surface area contributed by atoms with Crippen molar-refractivity contribution < 1.29 is 4.79 Å². The standard InChI is InChI=1S/C15H14N4OS2/c20-13(16-9-12-7-4-8-21-12)10-22-15-17-14(18-19-15)11-5-2-1-3-6-11/h1-8H,9-10H2,(H,16,20)(H,17,18,19). The van der Waals surface area contributed by atoms with E-state index in [1.165, 1.54) is 11.8 Å². The largest absolute Gasteiger partial charge is 0.350 e. The van der Waals surface area contributed by atoms with Gasteiger partial charge in [-0.3, -0.25) is 9.89 Å². The predicted octanol–water partition coefficient (Wildman–Crippen LogP) is 2.94. The molecule has 3 aromatic rings. The van der Waals surface area contributed by atoms with Crippen molar-refractivity contribution in [1.29, 1.82) is 0 Å². The summed E-state index contributed by atoms with van der Waals surface area (Å²) in [5.74, 6) is 0.990. The number of amides is 1. The molecule has 0 spiro atoms. The van der Waals surface area contributed by atoms with Crippen molar-refractivity contribution in [2.24, 2.45) is 0 Å². The van der Waals surface area contributed by atoms with Crippen molar-refractivity contribution in [3.63, 3.8) is 0 Å². The molecule has 0 saturated heterocycles. The van der Waals surface area contributed by atoms with Gasteiger partial charge in [0.15, 0.2) is 5.82 Å². The van der Waals surface area contributed by atoms with E-state index < -0.39 is 0 Å². The summed E-state index contributed by atoms with van der Waals surface area (Å²) in [4.78, 5) is 17.3. The number of H-pyrrole nitrogens is 1. The number of hydrogen-bond donors (Lipinski definition) is 2. The van der Waals surface area contributed by atoms with Gasteiger partial charge >= 0.3 is 0 Å². The molecule has 3 rings (SSSR count). The number of aromatic amines is 1. The van der Waals surface area contributed by atoms with Crippen molar-refractivity contribution in [2.75, 3.05) is 5.75 Å². The summed E-state index contributed by atoms with van der Waals surface area (Å²) in [6.07, 6.45) is 0. The van der Waals surface area contributed by atoms with E-state index in [1.54, 1.807) is 11.3 Å². The van der Waals surface area contributed by atoms with Crippen LogP contribution in [0.4, 0.5) is 0 Å². The van der Waals surface area contributed by atoms with Crippen LogP contribution in [0.1, 0.15) is 4.88 Å². The first kappa shape index (κ1) is 14.8. The average molecular weight is 330 g/mol. The molecular formula is C15H14N4OS2. The Morgan fingerprint density at radius 1 is 1.23 bits per heavy atom. The van der Waals surface area contributed by atoms with Crippen LogP contribution in [0, 0.1) is 0 Å². The van der Waals surface area contributed by atoms with Gasteiger partial charge in [-0.1, -0.05) is 48.2 Å². The number of carbonyl (C=O) groups excluding carboxylic acids is 1. The molecule has 0 aliphatic rings. The second kappa shape index (κ2) is 7.24. The number of rotatable bonds is 6. The zero-order valence-corrected chi connectivity index (χ0v) is 13.3. The highest BCUT2D eigenvalue weighted by Crippen LogP contribution is 2.18. The first-order chi connectivity index (χ1) is 10.8. The monoisotopic (exact) mass is 330 g/mol. The van der Waals surface area contributed by atoms with Gasteiger partial charge in [-0.25, -0.2) is 4.98 Å². The first-order valence-electron chi connectivity index (χ1n) is 6.71. The molecule has 0 atom stereocenters. The summed E-state index contributed by atoms with van der Waals surface area (Å²) in [5.41, 5.74) is 0.976. The molecule has 0 unspecified atom stereocenters. The molecule has 1 amide bonds. The molecule has 2 heterocycles. The number of thioether (sulfide) groups is 1. The highest BCUT2D eigenvalue weighted by molar-refractivity contribution is 7.99. The van der Waals surface area contributed by atoms with E-state index in [-0.39, 0.29) is 5.91 Å². The van der Waals surface area contributed by atoms with Crippen LogP contribution in [0.2, 0.25) is 0 Å². The fourth-order valence-electron chi connectivity index (χ4n) is 1.82. The highest BCUT2D eigenvalue weighted by Gasteiger charge is 2.08. The Hall–Kier alpha value is -2.12. The lowest BCUT2D eigenvalue weighted by atomic mass is 10.2. The van der Waals surface area contributed by atoms with Crippen LogP contribution in [-0.4, -0.2) is 26.8 Å². The van der Waals surface area contributed by atoms with Crippen LogP contribution >= 0.6 is 23.1 Å². The van der Waals surface area contributed by atoms with E-state index in [9.17, 15) is 4.79 Å². The van der Waals surface area contributed by atoms with E-state index in [1.807, 2.05) is 47.8 Å². The molecule has 0 radical (unpaired) electrons. The van der Waals surface area contributed by atoms with Crippen LogP contribution < -0.4 is 5.32 Å². The predicted molar refractivity (Wildman–Crippen MR) is 88.7 cm³/mol. The van der Waals surface area contributed by atoms with Crippen LogP contribution in [-0.2, 0) is 11.3 Å². The van der Waals surface area contributed by atoms with Crippen LogP contribution in [0.15, 0.2) is 53.0 Å². The molecule has 112 valence electrons. The summed E-state index contributed by atoms with van der Waals surface area (Å²) in [6.45, 7) is 0.570. The van der Waals surface area contributed by atoms with Gasteiger partial charge in [0, 0.05) is 10.4 Å². The third-order valence-corrected chi connectivity index (χ3v) is 4.61. The third kappa shape index (κ3) is 3.96. The lowest BCUT2D eigenvalue weighted by Gasteiger charge is -2.01. The molecule has 0 fully saturated rings. The summed E-state index contributed by atoms with van der Waals surface area (Å²) >= 11 is 2.95. The topological polar surface area (TPSA) is 70.7 Å². The second-order valence-corrected chi connectivity index (χ2v) is 6.45. The Bertz CT molecular complexity index is 725. The molecule has 2 aromatic heterocycles. The van der Waals surface area contributed by atoms with Gasteiger partial charge in [0.2, 0.25) is 11.1 Å². The van der Waals surface area contributed by atoms with Crippen LogP contribution in [0.25, 0.3) is 11.4 Å². The van der Waals surface area contributed by atoms with Gasteiger partial charge in [-0.2, -0.15) is 0 Å². The van der Waals surface area contributed by atoms with E-state index in [0.29, 0.717) is 23.3 Å². The molecular weight excluding hydrogens is 316 g/mol. The zero-order valence-electron chi connectivity index (χ0n) is 11.7. The maximum absolute atomic E-state index is 11.8. The number of nitrogens with zero attached hydrogens (tertiary/aromatic N) is 2. The first-order valence-corrected chi connectivity index (χ1v) is 8.57. The molecule has 0 saturated carbocycles. The molecule has 1 aromatic carbocycles. The van der Waals surface area contributed by atoms with Gasteiger partial charge in [-0.15, -0.1) is 16.4 Å². The fraction of sp³-hybridized carbons (Fsp3) is 0.133. The van der Waals surface area contributed by atoms with Crippen LogP contribution in [0.3, 0.4) is 0 Å². The lowest BCUT2D eigenvalue weighted by Crippen LogP contribution is -2.24. The third-order valence-electron chi connectivity index (χ3n) is 2.88. The highest BCUT2D eigenvalue weighted by atomic mass is 32.2. The van der Waals surface area contributed by atoms with Crippen LogP contribution in [0.5, 0.6) is 0 Å². The quantitative estimate of drug-likeness (QED) is 0.682. The van der Waals surface area contributed by atoms with Gasteiger partial charge in [0.25, 0.3) is 0 Å². The van der Waals surface area contributed by atoms with E-state index in [0.717, 1.165) is 10.4 Å². The summed E-state index contributed by atoms with van der Waals surface area (Å²) in [6, 6.07) is 13.7. The molecule has 0 aliphatic carbocycles. The van der Waals surface area contributed by atoms with Crippen molar-refractivity contribution >= 4 is 29.0 Å². The number of aromatic nitrogens is 3. The Morgan fingerprint density at radius 3 is 2.86 bits per heavy atom. The Balaban J connectivity index is 1.49. The minimum Gasteiger partial charge on any atom is -0.350 e. The smallest absolute Gasteiger partial charge is 0.230 e. The number of benzene rings is 1. The number of hydrogen-bond acceptors (Lipinski definition) is 5. The SMILES string of the molecule is O=C(CSc1n[nH]c(-c2ccccc2)n1)NCc1cccs1. The van der Waals surface area contributed by atoms with E-state index >= 15 is 0 Å². The normalized spacial score (nSPS) is 10.5. The van der Waals surface area contributed by atoms with Crippen molar-refractivity contribution in [3.8, 4) is 11.4 Å². The molecule has 5 nitrogen and oxygen atoms in total. The van der Waals surface area contributed by atoms with Crippen molar-refractivity contribution in [1.82, 2.24) is 20.5 Å². The Morgan fingerprint density at radius 2 is 2.09 bits per heavy atom. The van der Waals surface area contributed by atoms with Gasteiger partial charge in [0.1, 0.15) is 0 Å². The van der Waals surface area contributed by atoms with E-state index in [2.05, 4.69) is 20.5 Å². The molecule has 7 heteroatoms. The minimum atomic E-state index is -0.0236. The van der Waals surface area contributed by atoms with Gasteiger partial charge in [-0.05, 0) is 11.4 Å². The molecule has 22 heavy (non-hydrogen) atoms. The average Bonchev–Trinajstić information content (AvgIpc) is 3.23. The summed E-state index contributed by atoms with van der Waals surface area (Å²) < 4.78 is 0. The summed E-state index contributed by atoms with van der Waals surface area (Å²) in [5, 5.41) is 12.5.